The Labute approximate surface area is 132 Å². The number of anilines is 1. The van der Waals surface area contributed by atoms with Gasteiger partial charge in [-0.2, -0.15) is 0 Å². The zero-order valence-electron chi connectivity index (χ0n) is 12.5. The van der Waals surface area contributed by atoms with E-state index in [0.29, 0.717) is 5.56 Å². The fourth-order valence-corrected chi connectivity index (χ4v) is 2.04. The van der Waals surface area contributed by atoms with Crippen molar-refractivity contribution < 1.29 is 19.2 Å². The van der Waals surface area contributed by atoms with E-state index in [9.17, 15) is 19.7 Å². The van der Waals surface area contributed by atoms with Gasteiger partial charge >= 0.3 is 5.97 Å². The number of nitro groups is 1. The lowest BCUT2D eigenvalue weighted by Crippen LogP contribution is -2.16. The van der Waals surface area contributed by atoms with Crippen molar-refractivity contribution in [3.05, 3.63) is 69.3 Å². The van der Waals surface area contributed by atoms with E-state index in [2.05, 4.69) is 10.1 Å². The molecule has 118 valence electrons. The van der Waals surface area contributed by atoms with Crippen molar-refractivity contribution in [2.45, 2.75) is 6.92 Å². The average molecular weight is 314 g/mol. The van der Waals surface area contributed by atoms with Crippen LogP contribution in [0.1, 0.15) is 26.3 Å². The summed E-state index contributed by atoms with van der Waals surface area (Å²) in [6, 6.07) is 10.4. The number of hydrogen-bond acceptors (Lipinski definition) is 5. The largest absolute Gasteiger partial charge is 0.465 e. The second-order valence-electron chi connectivity index (χ2n) is 4.75. The third kappa shape index (κ3) is 3.52. The summed E-state index contributed by atoms with van der Waals surface area (Å²) in [5.74, 6) is -1.13. The number of ether oxygens (including phenoxy) is 1. The molecule has 2 rings (SSSR count). The Bertz CT molecular complexity index is 786. The summed E-state index contributed by atoms with van der Waals surface area (Å²) in [6.45, 7) is 1.67. The number of carbonyl (C=O) groups is 2. The number of esters is 1. The Morgan fingerprint density at radius 3 is 2.48 bits per heavy atom. The van der Waals surface area contributed by atoms with Gasteiger partial charge in [0.05, 0.1) is 23.3 Å². The van der Waals surface area contributed by atoms with E-state index < -0.39 is 16.8 Å². The molecular weight excluding hydrogens is 300 g/mol. The predicted molar refractivity (Wildman–Crippen MR) is 83.6 cm³/mol. The number of benzene rings is 2. The molecule has 0 heterocycles. The summed E-state index contributed by atoms with van der Waals surface area (Å²) in [5, 5.41) is 13.4. The van der Waals surface area contributed by atoms with Crippen molar-refractivity contribution in [1.29, 1.82) is 0 Å². The molecule has 0 aliphatic carbocycles. The molecule has 0 aromatic heterocycles. The zero-order valence-corrected chi connectivity index (χ0v) is 12.5. The summed E-state index contributed by atoms with van der Waals surface area (Å²) in [7, 11) is 1.24. The Morgan fingerprint density at radius 2 is 1.83 bits per heavy atom. The van der Waals surface area contributed by atoms with Crippen LogP contribution in [0.2, 0.25) is 0 Å². The molecule has 0 spiro atoms. The number of methoxy groups -OCH3 is 1. The Morgan fingerprint density at radius 1 is 1.13 bits per heavy atom. The SMILES string of the molecule is COC(=O)c1ccccc1NC(=O)c1cc([N+](=O)[O-])ccc1C. The van der Waals surface area contributed by atoms with Gasteiger partial charge in [-0.3, -0.25) is 14.9 Å². The first-order chi connectivity index (χ1) is 10.9. The molecule has 0 bridgehead atoms. The first kappa shape index (κ1) is 16.2. The van der Waals surface area contributed by atoms with Crippen molar-refractivity contribution >= 4 is 23.3 Å². The monoisotopic (exact) mass is 314 g/mol. The molecule has 0 radical (unpaired) electrons. The lowest BCUT2D eigenvalue weighted by molar-refractivity contribution is -0.384. The molecule has 2 aromatic rings. The number of nitrogens with zero attached hydrogens (tertiary/aromatic N) is 1. The van der Waals surface area contributed by atoms with Crippen LogP contribution < -0.4 is 5.32 Å². The van der Waals surface area contributed by atoms with E-state index in [4.69, 9.17) is 0 Å². The van der Waals surface area contributed by atoms with Crippen molar-refractivity contribution in [2.75, 3.05) is 12.4 Å². The van der Waals surface area contributed by atoms with Gasteiger partial charge in [0, 0.05) is 17.7 Å². The molecule has 0 fully saturated rings. The number of nitro benzene ring substituents is 1. The molecule has 0 saturated carbocycles. The summed E-state index contributed by atoms with van der Waals surface area (Å²) in [6.07, 6.45) is 0. The quantitative estimate of drug-likeness (QED) is 0.531. The van der Waals surface area contributed by atoms with Crippen molar-refractivity contribution in [3.63, 3.8) is 0 Å². The number of carbonyl (C=O) groups excluding carboxylic acids is 2. The molecule has 0 unspecified atom stereocenters. The van der Waals surface area contributed by atoms with Crippen LogP contribution in [0.3, 0.4) is 0 Å². The van der Waals surface area contributed by atoms with E-state index >= 15 is 0 Å². The lowest BCUT2D eigenvalue weighted by Gasteiger charge is -2.11. The summed E-state index contributed by atoms with van der Waals surface area (Å²) in [4.78, 5) is 34.4. The van der Waals surface area contributed by atoms with Gasteiger partial charge in [-0.15, -0.1) is 0 Å². The minimum atomic E-state index is -0.586. The maximum Gasteiger partial charge on any atom is 0.339 e. The number of aryl methyl sites for hydroxylation is 1. The van der Waals surface area contributed by atoms with E-state index in [1.807, 2.05) is 0 Å². The van der Waals surface area contributed by atoms with Gasteiger partial charge in [-0.1, -0.05) is 18.2 Å². The van der Waals surface area contributed by atoms with Gasteiger partial charge in [0.25, 0.3) is 11.6 Å². The Hall–Kier alpha value is -3.22. The van der Waals surface area contributed by atoms with Crippen molar-refractivity contribution in [1.82, 2.24) is 0 Å². The van der Waals surface area contributed by atoms with E-state index in [1.165, 1.54) is 31.4 Å². The van der Waals surface area contributed by atoms with Gasteiger partial charge in [0.2, 0.25) is 0 Å². The molecule has 0 saturated heterocycles. The van der Waals surface area contributed by atoms with E-state index in [-0.39, 0.29) is 22.5 Å². The second-order valence-corrected chi connectivity index (χ2v) is 4.75. The first-order valence-corrected chi connectivity index (χ1v) is 6.67. The first-order valence-electron chi connectivity index (χ1n) is 6.67. The fourth-order valence-electron chi connectivity index (χ4n) is 2.04. The van der Waals surface area contributed by atoms with Crippen LogP contribution in [0.4, 0.5) is 11.4 Å². The van der Waals surface area contributed by atoms with Crippen LogP contribution in [0.25, 0.3) is 0 Å². The third-order valence-corrected chi connectivity index (χ3v) is 3.26. The molecule has 0 aliphatic rings. The standard InChI is InChI=1S/C16H14N2O5/c1-10-7-8-11(18(21)22)9-13(10)15(19)17-14-6-4-3-5-12(14)16(20)23-2/h3-9H,1-2H3,(H,17,19). The molecule has 0 aliphatic heterocycles. The highest BCUT2D eigenvalue weighted by Gasteiger charge is 2.17. The van der Waals surface area contributed by atoms with Gasteiger partial charge in [0.15, 0.2) is 0 Å². The molecule has 1 amide bonds. The number of nitrogens with one attached hydrogen (secondary N) is 1. The Kier molecular flexibility index (Phi) is 4.70. The van der Waals surface area contributed by atoms with Crippen LogP contribution >= 0.6 is 0 Å². The highest BCUT2D eigenvalue weighted by Crippen LogP contribution is 2.21. The van der Waals surface area contributed by atoms with Crippen molar-refractivity contribution in [3.8, 4) is 0 Å². The van der Waals surface area contributed by atoms with E-state index in [0.717, 1.165) is 0 Å². The number of hydrogen-bond donors (Lipinski definition) is 1. The smallest absolute Gasteiger partial charge is 0.339 e. The highest BCUT2D eigenvalue weighted by atomic mass is 16.6. The molecule has 1 N–H and O–H groups in total. The highest BCUT2D eigenvalue weighted by molar-refractivity contribution is 6.08. The molecule has 23 heavy (non-hydrogen) atoms. The molecule has 2 aromatic carbocycles. The number of non-ortho nitro benzene ring substituents is 1. The fraction of sp³-hybridized carbons (Fsp3) is 0.125. The maximum atomic E-state index is 12.4. The predicted octanol–water partition coefficient (Wildman–Crippen LogP) is 2.94. The van der Waals surface area contributed by atoms with Crippen LogP contribution in [0, 0.1) is 17.0 Å². The normalized spacial score (nSPS) is 10.0. The lowest BCUT2D eigenvalue weighted by atomic mass is 10.1. The molecule has 7 nitrogen and oxygen atoms in total. The minimum absolute atomic E-state index is 0.166. The molecule has 7 heteroatoms. The van der Waals surface area contributed by atoms with Gasteiger partial charge in [-0.05, 0) is 24.6 Å². The molecule has 0 atom stereocenters. The minimum Gasteiger partial charge on any atom is -0.465 e. The maximum absolute atomic E-state index is 12.4. The van der Waals surface area contributed by atoms with Crippen LogP contribution in [0.15, 0.2) is 42.5 Å². The number of amides is 1. The average Bonchev–Trinajstić information content (AvgIpc) is 2.54. The van der Waals surface area contributed by atoms with Gasteiger partial charge in [0.1, 0.15) is 0 Å². The van der Waals surface area contributed by atoms with E-state index in [1.54, 1.807) is 25.1 Å². The topological polar surface area (TPSA) is 98.5 Å². The van der Waals surface area contributed by atoms with Crippen molar-refractivity contribution in [2.24, 2.45) is 0 Å². The number of para-hydroxylation sites is 1. The number of rotatable bonds is 4. The summed E-state index contributed by atoms with van der Waals surface area (Å²) in [5.41, 5.74) is 1.05. The van der Waals surface area contributed by atoms with Crippen LogP contribution in [0.5, 0.6) is 0 Å². The Balaban J connectivity index is 2.35. The van der Waals surface area contributed by atoms with Crippen LogP contribution in [-0.2, 0) is 4.74 Å². The second kappa shape index (κ2) is 6.69. The zero-order chi connectivity index (χ0) is 17.0. The summed E-state index contributed by atoms with van der Waals surface area (Å²) >= 11 is 0. The third-order valence-electron chi connectivity index (χ3n) is 3.26. The summed E-state index contributed by atoms with van der Waals surface area (Å²) < 4.78 is 4.66. The van der Waals surface area contributed by atoms with Crippen LogP contribution in [-0.4, -0.2) is 23.9 Å². The van der Waals surface area contributed by atoms with Gasteiger partial charge in [-0.25, -0.2) is 4.79 Å². The van der Waals surface area contributed by atoms with Gasteiger partial charge < -0.3 is 10.1 Å². The molecular formula is C16H14N2O5.